The number of aliphatic hydroxyl groups excluding tert-OH is 1. The van der Waals surface area contributed by atoms with E-state index in [9.17, 15) is 19.5 Å². The molecule has 5 heteroatoms. The molecule has 1 aliphatic rings. The molecular weight excluding hydrogens is 396 g/mol. The molecule has 0 aromatic heterocycles. The Morgan fingerprint density at radius 2 is 1.23 bits per heavy atom. The van der Waals surface area contributed by atoms with Crippen LogP contribution in [0.4, 0.5) is 0 Å². The molecule has 0 aliphatic heterocycles. The van der Waals surface area contributed by atoms with Crippen LogP contribution in [-0.2, 0) is 14.4 Å². The van der Waals surface area contributed by atoms with E-state index in [-0.39, 0.29) is 40.9 Å². The second-order valence-corrected chi connectivity index (χ2v) is 9.79. The van der Waals surface area contributed by atoms with Crippen LogP contribution in [-0.4, -0.2) is 27.5 Å². The highest BCUT2D eigenvalue weighted by Crippen LogP contribution is 2.29. The lowest BCUT2D eigenvalue weighted by atomic mass is 9.83. The third kappa shape index (κ3) is 10.8. The molecule has 30 heavy (non-hydrogen) atoms. The van der Waals surface area contributed by atoms with E-state index in [4.69, 9.17) is 0 Å². The highest BCUT2D eigenvalue weighted by atomic mass is 32.2. The van der Waals surface area contributed by atoms with Crippen LogP contribution in [0.5, 0.6) is 0 Å². The number of aliphatic hydroxyl groups is 1. The van der Waals surface area contributed by atoms with Gasteiger partial charge < -0.3 is 5.11 Å². The Kier molecular flexibility index (Phi) is 14.9. The van der Waals surface area contributed by atoms with Gasteiger partial charge in [0.2, 0.25) is 0 Å². The summed E-state index contributed by atoms with van der Waals surface area (Å²) in [6.07, 6.45) is 16.7. The van der Waals surface area contributed by atoms with Gasteiger partial charge in [0, 0.05) is 25.2 Å². The van der Waals surface area contributed by atoms with E-state index in [1.807, 2.05) is 6.92 Å². The first-order chi connectivity index (χ1) is 14.5. The van der Waals surface area contributed by atoms with E-state index in [2.05, 4.69) is 6.92 Å². The van der Waals surface area contributed by atoms with Gasteiger partial charge in [-0.1, -0.05) is 103 Å². The van der Waals surface area contributed by atoms with Crippen molar-refractivity contribution in [3.63, 3.8) is 0 Å². The molecule has 0 unspecified atom stereocenters. The van der Waals surface area contributed by atoms with E-state index in [0.717, 1.165) is 31.0 Å². The minimum Gasteiger partial charge on any atom is -0.511 e. The Labute approximate surface area is 187 Å². The van der Waals surface area contributed by atoms with Gasteiger partial charge in [0.25, 0.3) is 0 Å². The molecule has 1 aliphatic carbocycles. The zero-order valence-electron chi connectivity index (χ0n) is 19.2. The standard InChI is InChI=1S/C25H42O4S/c1-3-5-6-7-8-9-10-11-12-13-14-15-16-17-21(26)24-22(27)18-20(19-23(24)28)25(29)30-4-2/h20,26H,3-19H2,1-2H3. The van der Waals surface area contributed by atoms with Crippen LogP contribution in [0.2, 0.25) is 0 Å². The predicted molar refractivity (Wildman–Crippen MR) is 126 cm³/mol. The van der Waals surface area contributed by atoms with Gasteiger partial charge in [-0.2, -0.15) is 0 Å². The summed E-state index contributed by atoms with van der Waals surface area (Å²) < 4.78 is 0. The number of hydrogen-bond acceptors (Lipinski definition) is 5. The van der Waals surface area contributed by atoms with Crippen molar-refractivity contribution in [3.05, 3.63) is 11.3 Å². The lowest BCUT2D eigenvalue weighted by Crippen LogP contribution is -2.30. The molecule has 0 spiro atoms. The van der Waals surface area contributed by atoms with Crippen LogP contribution in [0.25, 0.3) is 0 Å². The van der Waals surface area contributed by atoms with Gasteiger partial charge in [0.1, 0.15) is 5.76 Å². The molecule has 0 atom stereocenters. The van der Waals surface area contributed by atoms with Crippen LogP contribution in [0.3, 0.4) is 0 Å². The van der Waals surface area contributed by atoms with Gasteiger partial charge in [-0.25, -0.2) is 0 Å². The number of Topliss-reactive ketones (excluding diaryl/α,β-unsaturated/α-hetero) is 2. The highest BCUT2D eigenvalue weighted by Gasteiger charge is 2.36. The third-order valence-corrected chi connectivity index (χ3v) is 6.75. The SMILES string of the molecule is CCCCCCCCCCCCCCCC(O)=C1C(=O)CC(C(=O)SCC)CC1=O. The van der Waals surface area contributed by atoms with Gasteiger partial charge in [-0.3, -0.25) is 14.4 Å². The monoisotopic (exact) mass is 438 g/mol. The number of hydrogen-bond donors (Lipinski definition) is 1. The number of carbonyl (C=O) groups excluding carboxylic acids is 3. The smallest absolute Gasteiger partial charge is 0.192 e. The van der Waals surface area contributed by atoms with Gasteiger partial charge in [0.15, 0.2) is 16.7 Å². The average Bonchev–Trinajstić information content (AvgIpc) is 2.71. The van der Waals surface area contributed by atoms with E-state index < -0.39 is 5.92 Å². The summed E-state index contributed by atoms with van der Waals surface area (Å²) in [4.78, 5) is 36.6. The van der Waals surface area contributed by atoms with Crippen LogP contribution in [0.15, 0.2) is 11.3 Å². The average molecular weight is 439 g/mol. The van der Waals surface area contributed by atoms with E-state index in [1.165, 1.54) is 64.2 Å². The van der Waals surface area contributed by atoms with Gasteiger partial charge >= 0.3 is 0 Å². The van der Waals surface area contributed by atoms with Crippen LogP contribution < -0.4 is 0 Å². The normalized spacial score (nSPS) is 16.9. The van der Waals surface area contributed by atoms with Crippen molar-refractivity contribution >= 4 is 28.4 Å². The number of rotatable bonds is 16. The zero-order valence-corrected chi connectivity index (χ0v) is 20.0. The van der Waals surface area contributed by atoms with Crippen molar-refractivity contribution in [2.45, 2.75) is 117 Å². The van der Waals surface area contributed by atoms with Crippen molar-refractivity contribution in [1.82, 2.24) is 0 Å². The Morgan fingerprint density at radius 1 is 0.800 bits per heavy atom. The maximum Gasteiger partial charge on any atom is 0.192 e. The van der Waals surface area contributed by atoms with Crippen LogP contribution in [0, 0.1) is 5.92 Å². The fourth-order valence-electron chi connectivity index (χ4n) is 4.06. The minimum absolute atomic E-state index is 0.0421. The maximum absolute atomic E-state index is 12.3. The zero-order chi connectivity index (χ0) is 22.2. The summed E-state index contributed by atoms with van der Waals surface area (Å²) in [5.74, 6) is -0.683. The summed E-state index contributed by atoms with van der Waals surface area (Å²) in [6.45, 7) is 4.13. The molecule has 1 N–H and O–H groups in total. The summed E-state index contributed by atoms with van der Waals surface area (Å²) in [5, 5.41) is 10.2. The fraction of sp³-hybridized carbons (Fsp3) is 0.800. The number of carbonyl (C=O) groups is 3. The lowest BCUT2D eigenvalue weighted by Gasteiger charge is -2.21. The molecule has 1 saturated carbocycles. The molecule has 0 saturated heterocycles. The summed E-state index contributed by atoms with van der Waals surface area (Å²) >= 11 is 1.16. The molecule has 172 valence electrons. The van der Waals surface area contributed by atoms with E-state index in [1.54, 1.807) is 0 Å². The summed E-state index contributed by atoms with van der Waals surface area (Å²) in [7, 11) is 0. The van der Waals surface area contributed by atoms with E-state index >= 15 is 0 Å². The number of thioether (sulfide) groups is 1. The Hall–Kier alpha value is -1.10. The first-order valence-corrected chi connectivity index (χ1v) is 13.1. The Bertz CT molecular complexity index is 547. The Balaban J connectivity index is 2.15. The van der Waals surface area contributed by atoms with Crippen molar-refractivity contribution in [2.75, 3.05) is 5.75 Å². The van der Waals surface area contributed by atoms with Crippen molar-refractivity contribution in [2.24, 2.45) is 5.92 Å². The highest BCUT2D eigenvalue weighted by molar-refractivity contribution is 8.13. The van der Waals surface area contributed by atoms with Crippen molar-refractivity contribution in [3.8, 4) is 0 Å². The number of allylic oxidation sites excluding steroid dienone is 2. The second kappa shape index (κ2) is 16.6. The molecular formula is C25H42O4S. The third-order valence-electron chi connectivity index (χ3n) is 5.85. The number of ketones is 2. The Morgan fingerprint density at radius 3 is 1.67 bits per heavy atom. The molecule has 1 fully saturated rings. The molecule has 1 rings (SSSR count). The predicted octanol–water partition coefficient (Wildman–Crippen LogP) is 7.11. The molecule has 0 aromatic carbocycles. The largest absolute Gasteiger partial charge is 0.511 e. The maximum atomic E-state index is 12.3. The molecule has 0 bridgehead atoms. The van der Waals surface area contributed by atoms with Gasteiger partial charge in [0.05, 0.1) is 5.57 Å². The van der Waals surface area contributed by atoms with E-state index in [0.29, 0.717) is 12.2 Å². The summed E-state index contributed by atoms with van der Waals surface area (Å²) in [6, 6.07) is 0. The van der Waals surface area contributed by atoms with Gasteiger partial charge in [-0.05, 0) is 12.2 Å². The fourth-order valence-corrected chi connectivity index (χ4v) is 4.75. The minimum atomic E-state index is -0.525. The lowest BCUT2D eigenvalue weighted by molar-refractivity contribution is -0.130. The summed E-state index contributed by atoms with van der Waals surface area (Å²) in [5.41, 5.74) is -0.0421. The van der Waals surface area contributed by atoms with Crippen LogP contribution >= 0.6 is 11.8 Å². The first-order valence-electron chi connectivity index (χ1n) is 12.2. The van der Waals surface area contributed by atoms with Crippen LogP contribution in [0.1, 0.15) is 117 Å². The molecule has 0 amide bonds. The van der Waals surface area contributed by atoms with Gasteiger partial charge in [-0.15, -0.1) is 0 Å². The molecule has 0 radical (unpaired) electrons. The first kappa shape index (κ1) is 26.9. The second-order valence-electron chi connectivity index (χ2n) is 8.52. The molecule has 4 nitrogen and oxygen atoms in total. The molecule has 0 heterocycles. The number of unbranched alkanes of at least 4 members (excludes halogenated alkanes) is 12. The quantitative estimate of drug-likeness (QED) is 0.120. The topological polar surface area (TPSA) is 71.4 Å². The van der Waals surface area contributed by atoms with Crippen molar-refractivity contribution < 1.29 is 19.5 Å². The molecule has 0 aromatic rings. The van der Waals surface area contributed by atoms with Crippen molar-refractivity contribution in [1.29, 1.82) is 0 Å².